The van der Waals surface area contributed by atoms with Gasteiger partial charge in [-0.3, -0.25) is 9.78 Å². The molecule has 0 radical (unpaired) electrons. The van der Waals surface area contributed by atoms with Gasteiger partial charge in [-0.1, -0.05) is 53.0 Å². The molecule has 0 atom stereocenters. The van der Waals surface area contributed by atoms with Crippen LogP contribution in [0.3, 0.4) is 0 Å². The fourth-order valence-corrected chi connectivity index (χ4v) is 1.42. The zero-order valence-electron chi connectivity index (χ0n) is 17.9. The molecule has 1 heterocycles. The highest BCUT2D eigenvalue weighted by molar-refractivity contribution is 7.79. The molecule has 0 unspecified atom stereocenters. The Kier molecular flexibility index (Phi) is 15.4. The Labute approximate surface area is 165 Å². The summed E-state index contributed by atoms with van der Waals surface area (Å²) in [4.78, 5) is 25.1. The van der Waals surface area contributed by atoms with Crippen LogP contribution < -0.4 is 5.48 Å². The molecule has 0 aliphatic carbocycles. The lowest BCUT2D eigenvalue weighted by atomic mass is 9.87. The molecule has 1 N–H and O–H groups in total. The zero-order chi connectivity index (χ0) is 20.8. The molecule has 0 amide bonds. The van der Waals surface area contributed by atoms with Crippen LogP contribution in [0.15, 0.2) is 11.8 Å². The van der Waals surface area contributed by atoms with Gasteiger partial charge in [-0.05, 0) is 31.6 Å². The number of nitrogens with one attached hydrogen (secondary N) is 1. The SMILES string of the molecule is CCCC.CONCC(=O)c1cnc(/C=C(\C)C(C)(C)C)c(C)n1.CS. The lowest BCUT2D eigenvalue weighted by molar-refractivity contribution is 0.0731. The first kappa shape index (κ1) is 27.0. The summed E-state index contributed by atoms with van der Waals surface area (Å²) in [5.41, 5.74) is 5.70. The average molecular weight is 384 g/mol. The molecule has 6 heteroatoms. The topological polar surface area (TPSA) is 64.1 Å². The minimum Gasteiger partial charge on any atom is -0.305 e. The van der Waals surface area contributed by atoms with E-state index in [0.29, 0.717) is 5.69 Å². The third-order valence-electron chi connectivity index (χ3n) is 3.68. The number of carbonyl (C=O) groups excluding carboxylic acids is 1. The number of aromatic nitrogens is 2. The smallest absolute Gasteiger partial charge is 0.198 e. The van der Waals surface area contributed by atoms with Crippen molar-refractivity contribution in [1.29, 1.82) is 0 Å². The van der Waals surface area contributed by atoms with Crippen molar-refractivity contribution in [3.8, 4) is 0 Å². The fraction of sp³-hybridized carbons (Fsp3) is 0.650. The van der Waals surface area contributed by atoms with Crippen molar-refractivity contribution in [2.24, 2.45) is 5.41 Å². The Morgan fingerprint density at radius 3 is 2.19 bits per heavy atom. The van der Waals surface area contributed by atoms with Gasteiger partial charge in [0.15, 0.2) is 5.78 Å². The van der Waals surface area contributed by atoms with Crippen LogP contribution in [0.4, 0.5) is 0 Å². The van der Waals surface area contributed by atoms with Crippen LogP contribution in [0.5, 0.6) is 0 Å². The van der Waals surface area contributed by atoms with E-state index < -0.39 is 0 Å². The Morgan fingerprint density at radius 1 is 1.27 bits per heavy atom. The lowest BCUT2D eigenvalue weighted by Gasteiger charge is -2.19. The van der Waals surface area contributed by atoms with Gasteiger partial charge < -0.3 is 4.84 Å². The summed E-state index contributed by atoms with van der Waals surface area (Å²) < 4.78 is 0. The van der Waals surface area contributed by atoms with E-state index in [1.54, 1.807) is 6.26 Å². The fourth-order valence-electron chi connectivity index (χ4n) is 1.42. The summed E-state index contributed by atoms with van der Waals surface area (Å²) >= 11 is 3.53. The summed E-state index contributed by atoms with van der Waals surface area (Å²) in [5.74, 6) is -0.148. The Bertz CT molecular complexity index is 550. The largest absolute Gasteiger partial charge is 0.305 e. The molecule has 0 aliphatic heterocycles. The van der Waals surface area contributed by atoms with Gasteiger partial charge in [0.2, 0.25) is 0 Å². The van der Waals surface area contributed by atoms with E-state index in [-0.39, 0.29) is 17.7 Å². The minimum absolute atomic E-state index is 0.0842. The first-order chi connectivity index (χ1) is 12.2. The van der Waals surface area contributed by atoms with Gasteiger partial charge >= 0.3 is 0 Å². The lowest BCUT2D eigenvalue weighted by Crippen LogP contribution is -2.23. The highest BCUT2D eigenvalue weighted by Crippen LogP contribution is 2.26. The molecular weight excluding hydrogens is 346 g/mol. The molecule has 1 rings (SSSR count). The van der Waals surface area contributed by atoms with Gasteiger partial charge in [-0.15, -0.1) is 0 Å². The van der Waals surface area contributed by atoms with E-state index in [2.05, 4.69) is 74.5 Å². The molecule has 5 nitrogen and oxygen atoms in total. The molecule has 0 saturated carbocycles. The first-order valence-electron chi connectivity index (χ1n) is 8.93. The standard InChI is InChI=1S/C15H23N3O2.C4H10.CH4S/c1-10(15(3,4)5)7-12-11(2)18-13(8-16-12)14(19)9-17-20-6;1-3-4-2;1-2/h7-8,17H,9H2,1-6H3;3-4H2,1-2H3;2H,1H3/b10-7+;;. The van der Waals surface area contributed by atoms with Gasteiger partial charge in [0.05, 0.1) is 31.2 Å². The van der Waals surface area contributed by atoms with Crippen molar-refractivity contribution in [3.63, 3.8) is 0 Å². The maximum absolute atomic E-state index is 11.8. The van der Waals surface area contributed by atoms with Gasteiger partial charge in [0.1, 0.15) is 5.69 Å². The highest BCUT2D eigenvalue weighted by atomic mass is 32.1. The summed E-state index contributed by atoms with van der Waals surface area (Å²) in [6.07, 6.45) is 7.86. The number of carbonyl (C=O) groups is 1. The second-order valence-corrected chi connectivity index (χ2v) is 6.75. The van der Waals surface area contributed by atoms with E-state index in [1.807, 2.05) is 13.0 Å². The molecule has 26 heavy (non-hydrogen) atoms. The van der Waals surface area contributed by atoms with Gasteiger partial charge in [-0.2, -0.15) is 18.1 Å². The van der Waals surface area contributed by atoms with Crippen molar-refractivity contribution in [1.82, 2.24) is 15.4 Å². The number of hydrogen-bond acceptors (Lipinski definition) is 6. The number of nitrogens with zero attached hydrogens (tertiary/aromatic N) is 2. The van der Waals surface area contributed by atoms with Gasteiger partial charge in [-0.25, -0.2) is 4.98 Å². The van der Waals surface area contributed by atoms with Gasteiger partial charge in [0.25, 0.3) is 0 Å². The normalized spacial score (nSPS) is 11.1. The van der Waals surface area contributed by atoms with E-state index in [1.165, 1.54) is 31.7 Å². The number of hydrogen-bond donors (Lipinski definition) is 2. The summed E-state index contributed by atoms with van der Waals surface area (Å²) in [5, 5.41) is 0. The van der Waals surface area contributed by atoms with Crippen LogP contribution in [0.1, 0.15) is 76.3 Å². The predicted octanol–water partition coefficient (Wildman–Crippen LogP) is 4.92. The molecule has 0 spiro atoms. The van der Waals surface area contributed by atoms with Crippen molar-refractivity contribution >= 4 is 24.5 Å². The van der Waals surface area contributed by atoms with Crippen molar-refractivity contribution < 1.29 is 9.63 Å². The van der Waals surface area contributed by atoms with Crippen LogP contribution in [-0.2, 0) is 4.84 Å². The first-order valence-corrected chi connectivity index (χ1v) is 9.82. The van der Waals surface area contributed by atoms with Crippen LogP contribution in [0.25, 0.3) is 6.08 Å². The summed E-state index contributed by atoms with van der Waals surface area (Å²) in [7, 11) is 1.47. The average Bonchev–Trinajstić information content (AvgIpc) is 2.62. The number of thiol groups is 1. The van der Waals surface area contributed by atoms with Crippen LogP contribution in [-0.4, -0.2) is 35.7 Å². The number of rotatable bonds is 6. The number of allylic oxidation sites excluding steroid dienone is 1. The number of Topliss-reactive ketones (excluding diaryl/α,β-unsaturated/α-hetero) is 1. The molecular formula is C20H37N3O2S. The molecule has 0 saturated heterocycles. The molecule has 0 aromatic carbocycles. The summed E-state index contributed by atoms with van der Waals surface area (Å²) in [6.45, 7) is 14.8. The van der Waals surface area contributed by atoms with Crippen LogP contribution >= 0.6 is 12.6 Å². The van der Waals surface area contributed by atoms with E-state index in [9.17, 15) is 4.79 Å². The predicted molar refractivity (Wildman–Crippen MR) is 115 cm³/mol. The third kappa shape index (κ3) is 11.4. The monoisotopic (exact) mass is 383 g/mol. The molecule has 0 fully saturated rings. The molecule has 0 bridgehead atoms. The quantitative estimate of drug-likeness (QED) is 0.415. The number of ketones is 1. The van der Waals surface area contributed by atoms with E-state index >= 15 is 0 Å². The minimum atomic E-state index is -0.148. The van der Waals surface area contributed by atoms with E-state index in [4.69, 9.17) is 0 Å². The van der Waals surface area contributed by atoms with Crippen LogP contribution in [0.2, 0.25) is 0 Å². The maximum atomic E-state index is 11.8. The maximum Gasteiger partial charge on any atom is 0.198 e. The van der Waals surface area contributed by atoms with Crippen molar-refractivity contribution in [2.45, 2.75) is 61.3 Å². The van der Waals surface area contributed by atoms with Crippen molar-refractivity contribution in [3.05, 3.63) is 28.9 Å². The molecule has 1 aromatic rings. The van der Waals surface area contributed by atoms with Crippen molar-refractivity contribution in [2.75, 3.05) is 19.9 Å². The molecule has 0 aliphatic rings. The highest BCUT2D eigenvalue weighted by Gasteiger charge is 2.14. The Hall–Kier alpha value is -1.24. The van der Waals surface area contributed by atoms with Crippen LogP contribution in [0, 0.1) is 12.3 Å². The van der Waals surface area contributed by atoms with Gasteiger partial charge in [0, 0.05) is 0 Å². The Balaban J connectivity index is 0. The molecule has 150 valence electrons. The number of unbranched alkanes of at least 4 members (excludes halogenated alkanes) is 1. The second-order valence-electron chi connectivity index (χ2n) is 6.75. The number of hydroxylamine groups is 1. The Morgan fingerprint density at radius 2 is 1.81 bits per heavy atom. The third-order valence-corrected chi connectivity index (χ3v) is 3.68. The zero-order valence-corrected chi connectivity index (χ0v) is 18.8. The number of aryl methyl sites for hydroxylation is 1. The molecule has 1 aromatic heterocycles. The summed E-state index contributed by atoms with van der Waals surface area (Å²) in [6, 6.07) is 0. The van der Waals surface area contributed by atoms with E-state index in [0.717, 1.165) is 11.4 Å². The second kappa shape index (κ2) is 14.9.